The Hall–Kier alpha value is -1.52. The van der Waals surface area contributed by atoms with E-state index in [0.717, 1.165) is 0 Å². The molecule has 1 aromatic rings. The van der Waals surface area contributed by atoms with E-state index in [9.17, 15) is 9.59 Å². The maximum Gasteiger partial charge on any atom is 0.308 e. The van der Waals surface area contributed by atoms with Gasteiger partial charge in [0.25, 0.3) is 5.56 Å². The second-order valence-electron chi connectivity index (χ2n) is 2.46. The first-order valence-corrected chi connectivity index (χ1v) is 3.65. The molecule has 12 heavy (non-hydrogen) atoms. The molecule has 0 saturated carbocycles. The highest BCUT2D eigenvalue weighted by Gasteiger charge is 2.11. The van der Waals surface area contributed by atoms with Crippen LogP contribution in [0, 0.1) is 0 Å². The van der Waals surface area contributed by atoms with Gasteiger partial charge in [0.1, 0.15) is 0 Å². The molecule has 5 heteroatoms. The second-order valence-corrected chi connectivity index (χ2v) is 2.46. The Morgan fingerprint density at radius 1 is 1.50 bits per heavy atom. The smallest absolute Gasteiger partial charge is 0.308 e. The van der Waals surface area contributed by atoms with Crippen molar-refractivity contribution in [3.63, 3.8) is 0 Å². The number of aryl methyl sites for hydroxylation is 1. The molecular weight excluding hydrogens is 160 g/mol. The van der Waals surface area contributed by atoms with E-state index in [1.54, 1.807) is 0 Å². The molecule has 1 rings (SSSR count). The van der Waals surface area contributed by atoms with Crippen molar-refractivity contribution in [2.24, 2.45) is 0 Å². The molecule has 0 amide bonds. The predicted molar refractivity (Wildman–Crippen MR) is 42.1 cm³/mol. The van der Waals surface area contributed by atoms with E-state index in [-0.39, 0.29) is 12.0 Å². The molecule has 0 atom stereocenters. The van der Waals surface area contributed by atoms with Gasteiger partial charge in [0.2, 0.25) is 0 Å². The zero-order chi connectivity index (χ0) is 9.14. The quantitative estimate of drug-likeness (QED) is 0.591. The molecule has 3 N–H and O–H groups in total. The first-order valence-electron chi connectivity index (χ1n) is 3.65. The van der Waals surface area contributed by atoms with Crippen molar-refractivity contribution in [2.75, 3.05) is 0 Å². The molecule has 0 unspecified atom stereocenters. The lowest BCUT2D eigenvalue weighted by atomic mass is 10.1. The summed E-state index contributed by atoms with van der Waals surface area (Å²) >= 11 is 0. The standard InChI is InChI=1S/C7H10N2O3/c1-2-5-4(3-6(10)11)7(12)9-8-5/h2-3H2,1H3,(H,10,11)(H2,8,9,12). The van der Waals surface area contributed by atoms with Crippen molar-refractivity contribution < 1.29 is 9.90 Å². The Morgan fingerprint density at radius 3 is 2.67 bits per heavy atom. The Labute approximate surface area is 68.4 Å². The number of hydrogen-bond acceptors (Lipinski definition) is 2. The van der Waals surface area contributed by atoms with E-state index in [4.69, 9.17) is 5.11 Å². The van der Waals surface area contributed by atoms with Crippen LogP contribution in [0.5, 0.6) is 0 Å². The highest BCUT2D eigenvalue weighted by Crippen LogP contribution is 2.00. The minimum absolute atomic E-state index is 0.220. The van der Waals surface area contributed by atoms with Gasteiger partial charge in [0.05, 0.1) is 12.0 Å². The van der Waals surface area contributed by atoms with E-state index >= 15 is 0 Å². The van der Waals surface area contributed by atoms with Crippen LogP contribution in [0.2, 0.25) is 0 Å². The van der Waals surface area contributed by atoms with Gasteiger partial charge in [-0.05, 0) is 6.42 Å². The Balaban J connectivity index is 3.02. The molecule has 0 spiro atoms. The van der Waals surface area contributed by atoms with Crippen LogP contribution >= 0.6 is 0 Å². The summed E-state index contributed by atoms with van der Waals surface area (Å²) in [5.74, 6) is -0.991. The molecule has 0 radical (unpaired) electrons. The van der Waals surface area contributed by atoms with Gasteiger partial charge in [-0.1, -0.05) is 6.92 Å². The molecule has 66 valence electrons. The average molecular weight is 170 g/mol. The zero-order valence-electron chi connectivity index (χ0n) is 6.68. The molecule has 0 aliphatic carbocycles. The van der Waals surface area contributed by atoms with E-state index in [1.165, 1.54) is 0 Å². The number of nitrogens with one attached hydrogen (secondary N) is 2. The normalized spacial score (nSPS) is 10.1. The lowest BCUT2D eigenvalue weighted by molar-refractivity contribution is -0.136. The van der Waals surface area contributed by atoms with Crippen LogP contribution in [0.1, 0.15) is 18.2 Å². The van der Waals surface area contributed by atoms with E-state index in [1.807, 2.05) is 6.92 Å². The van der Waals surface area contributed by atoms with E-state index in [0.29, 0.717) is 17.7 Å². The van der Waals surface area contributed by atoms with Crippen molar-refractivity contribution >= 4 is 5.97 Å². The second kappa shape index (κ2) is 3.25. The van der Waals surface area contributed by atoms with E-state index in [2.05, 4.69) is 10.2 Å². The van der Waals surface area contributed by atoms with Crippen molar-refractivity contribution in [3.05, 3.63) is 21.6 Å². The number of hydrogen-bond donors (Lipinski definition) is 3. The van der Waals surface area contributed by atoms with Crippen LogP contribution in [-0.4, -0.2) is 21.3 Å². The Morgan fingerprint density at radius 2 is 2.17 bits per heavy atom. The number of rotatable bonds is 3. The summed E-state index contributed by atoms with van der Waals surface area (Å²) in [4.78, 5) is 21.3. The third kappa shape index (κ3) is 1.55. The minimum atomic E-state index is -0.991. The van der Waals surface area contributed by atoms with Crippen LogP contribution in [0.4, 0.5) is 0 Å². The van der Waals surface area contributed by atoms with Crippen LogP contribution in [-0.2, 0) is 17.6 Å². The minimum Gasteiger partial charge on any atom is -0.481 e. The predicted octanol–water partition coefficient (Wildman–Crippen LogP) is -0.108. The van der Waals surface area contributed by atoms with Crippen molar-refractivity contribution in [2.45, 2.75) is 19.8 Å². The van der Waals surface area contributed by atoms with E-state index < -0.39 is 5.97 Å². The van der Waals surface area contributed by atoms with Gasteiger partial charge < -0.3 is 10.2 Å². The molecule has 0 aliphatic heterocycles. The Kier molecular flexibility index (Phi) is 2.32. The number of aromatic amines is 2. The summed E-state index contributed by atoms with van der Waals surface area (Å²) in [5.41, 5.74) is 0.654. The molecule has 0 bridgehead atoms. The zero-order valence-corrected chi connectivity index (χ0v) is 6.68. The third-order valence-corrected chi connectivity index (χ3v) is 1.65. The molecule has 1 heterocycles. The monoisotopic (exact) mass is 170 g/mol. The largest absolute Gasteiger partial charge is 0.481 e. The summed E-state index contributed by atoms with van der Waals surface area (Å²) in [6.07, 6.45) is 0.406. The third-order valence-electron chi connectivity index (χ3n) is 1.65. The molecule has 0 aliphatic rings. The number of aromatic nitrogens is 2. The van der Waals surface area contributed by atoms with Crippen LogP contribution < -0.4 is 5.56 Å². The van der Waals surface area contributed by atoms with Crippen LogP contribution in [0.15, 0.2) is 4.79 Å². The van der Waals surface area contributed by atoms with Gasteiger partial charge in [-0.15, -0.1) is 0 Å². The highest BCUT2D eigenvalue weighted by molar-refractivity contribution is 5.70. The van der Waals surface area contributed by atoms with Gasteiger partial charge in [-0.2, -0.15) is 0 Å². The molecule has 5 nitrogen and oxygen atoms in total. The number of carbonyl (C=O) groups is 1. The lowest BCUT2D eigenvalue weighted by Gasteiger charge is -1.93. The molecular formula is C7H10N2O3. The summed E-state index contributed by atoms with van der Waals surface area (Å²) in [6.45, 7) is 1.85. The van der Waals surface area contributed by atoms with Gasteiger partial charge in [-0.3, -0.25) is 14.7 Å². The number of aliphatic carboxylic acids is 1. The highest BCUT2D eigenvalue weighted by atomic mass is 16.4. The van der Waals surface area contributed by atoms with Gasteiger partial charge >= 0.3 is 5.97 Å². The fraction of sp³-hybridized carbons (Fsp3) is 0.429. The Bertz CT molecular complexity index is 337. The van der Waals surface area contributed by atoms with Crippen LogP contribution in [0.25, 0.3) is 0 Å². The maximum absolute atomic E-state index is 11.0. The number of carboxylic acids is 1. The van der Waals surface area contributed by atoms with Crippen molar-refractivity contribution in [3.8, 4) is 0 Å². The van der Waals surface area contributed by atoms with Crippen molar-refractivity contribution in [1.82, 2.24) is 10.2 Å². The molecule has 0 aromatic carbocycles. The van der Waals surface area contributed by atoms with Gasteiger partial charge in [0, 0.05) is 5.69 Å². The fourth-order valence-corrected chi connectivity index (χ4v) is 1.06. The number of H-pyrrole nitrogens is 2. The summed E-state index contributed by atoms with van der Waals surface area (Å²) in [6, 6.07) is 0. The average Bonchev–Trinajstić information content (AvgIpc) is 2.32. The lowest BCUT2D eigenvalue weighted by Crippen LogP contribution is -2.12. The van der Waals surface area contributed by atoms with Gasteiger partial charge in [0.15, 0.2) is 0 Å². The summed E-state index contributed by atoms with van der Waals surface area (Å²) in [7, 11) is 0. The molecule has 1 aromatic heterocycles. The first kappa shape index (κ1) is 8.58. The summed E-state index contributed by atoms with van der Waals surface area (Å²) in [5, 5.41) is 13.4. The van der Waals surface area contributed by atoms with Crippen LogP contribution in [0.3, 0.4) is 0 Å². The van der Waals surface area contributed by atoms with Gasteiger partial charge in [-0.25, -0.2) is 0 Å². The topological polar surface area (TPSA) is 86.0 Å². The SMILES string of the molecule is CCc1[nH][nH]c(=O)c1CC(=O)O. The maximum atomic E-state index is 11.0. The number of carboxylic acid groups (broad SMARTS) is 1. The first-order chi connectivity index (χ1) is 5.65. The van der Waals surface area contributed by atoms with Crippen molar-refractivity contribution in [1.29, 1.82) is 0 Å². The molecule has 0 saturated heterocycles. The fourth-order valence-electron chi connectivity index (χ4n) is 1.06. The summed E-state index contributed by atoms with van der Waals surface area (Å²) < 4.78 is 0. The molecule has 0 fully saturated rings.